The highest BCUT2D eigenvalue weighted by atomic mass is 35.5. The van der Waals surface area contributed by atoms with Gasteiger partial charge in [0.25, 0.3) is 5.91 Å². The summed E-state index contributed by atoms with van der Waals surface area (Å²) < 4.78 is 4.94. The fourth-order valence-electron chi connectivity index (χ4n) is 1.92. The summed E-state index contributed by atoms with van der Waals surface area (Å²) in [5.74, 6) is -0.407. The van der Waals surface area contributed by atoms with Crippen molar-refractivity contribution < 1.29 is 14.3 Å². The maximum absolute atomic E-state index is 11.8. The number of rotatable bonds is 5. The maximum atomic E-state index is 11.8. The highest BCUT2D eigenvalue weighted by Gasteiger charge is 2.29. The monoisotopic (exact) mass is 296 g/mol. The summed E-state index contributed by atoms with van der Waals surface area (Å²) in [6.45, 7) is 1.63. The van der Waals surface area contributed by atoms with E-state index in [0.717, 1.165) is 12.8 Å². The van der Waals surface area contributed by atoms with Gasteiger partial charge in [-0.3, -0.25) is 4.79 Å². The zero-order valence-electron chi connectivity index (χ0n) is 11.2. The minimum atomic E-state index is -0.653. The van der Waals surface area contributed by atoms with Crippen LogP contribution in [0, 0.1) is 5.92 Å². The van der Waals surface area contributed by atoms with Crippen LogP contribution in [0.25, 0.3) is 0 Å². The van der Waals surface area contributed by atoms with Gasteiger partial charge < -0.3 is 15.8 Å². The Bertz CT molecular complexity index is 529. The SMILES string of the molecule is C[C@H](NC(=O)COC(=O)c1cc(Cl)ccc1N)C1CC1. The molecule has 1 saturated carbocycles. The summed E-state index contributed by atoms with van der Waals surface area (Å²) in [7, 11) is 0. The molecule has 0 unspecified atom stereocenters. The highest BCUT2D eigenvalue weighted by Crippen LogP contribution is 2.32. The Balaban J connectivity index is 1.85. The molecule has 1 aromatic rings. The predicted octanol–water partition coefficient (Wildman–Crippen LogP) is 1.99. The van der Waals surface area contributed by atoms with Crippen LogP contribution in [-0.4, -0.2) is 24.5 Å². The Morgan fingerprint density at radius 3 is 2.85 bits per heavy atom. The van der Waals surface area contributed by atoms with Crippen LogP contribution in [0.4, 0.5) is 5.69 Å². The summed E-state index contributed by atoms with van der Waals surface area (Å²) in [5, 5.41) is 3.19. The van der Waals surface area contributed by atoms with Crippen molar-refractivity contribution in [3.05, 3.63) is 28.8 Å². The molecule has 0 radical (unpaired) electrons. The largest absolute Gasteiger partial charge is 0.452 e. The van der Waals surface area contributed by atoms with Gasteiger partial charge in [0.1, 0.15) is 0 Å². The zero-order chi connectivity index (χ0) is 14.7. The van der Waals surface area contributed by atoms with Gasteiger partial charge in [-0.2, -0.15) is 0 Å². The van der Waals surface area contributed by atoms with Crippen LogP contribution in [0.5, 0.6) is 0 Å². The van der Waals surface area contributed by atoms with Gasteiger partial charge in [-0.25, -0.2) is 4.79 Å². The van der Waals surface area contributed by atoms with Gasteiger partial charge in [-0.15, -0.1) is 0 Å². The minimum Gasteiger partial charge on any atom is -0.452 e. The van der Waals surface area contributed by atoms with Crippen molar-refractivity contribution in [3.8, 4) is 0 Å². The number of ether oxygens (including phenoxy) is 1. The second kappa shape index (κ2) is 6.13. The van der Waals surface area contributed by atoms with E-state index in [9.17, 15) is 9.59 Å². The third-order valence-electron chi connectivity index (χ3n) is 3.29. The molecule has 6 heteroatoms. The Hall–Kier alpha value is -1.75. The number of amides is 1. The maximum Gasteiger partial charge on any atom is 0.340 e. The van der Waals surface area contributed by atoms with Gasteiger partial charge in [-0.1, -0.05) is 11.6 Å². The first-order chi connectivity index (χ1) is 9.47. The van der Waals surface area contributed by atoms with Crippen molar-refractivity contribution >= 4 is 29.2 Å². The summed E-state index contributed by atoms with van der Waals surface area (Å²) in [4.78, 5) is 23.4. The van der Waals surface area contributed by atoms with Gasteiger partial charge >= 0.3 is 5.97 Å². The molecule has 3 N–H and O–H groups in total. The Morgan fingerprint density at radius 1 is 1.50 bits per heavy atom. The van der Waals surface area contributed by atoms with Crippen LogP contribution in [0.15, 0.2) is 18.2 Å². The molecule has 0 aliphatic heterocycles. The summed E-state index contributed by atoms with van der Waals surface area (Å²) in [5.41, 5.74) is 6.10. The van der Waals surface area contributed by atoms with E-state index in [1.54, 1.807) is 6.07 Å². The van der Waals surface area contributed by atoms with Crippen molar-refractivity contribution in [3.63, 3.8) is 0 Å². The summed E-state index contributed by atoms with van der Waals surface area (Å²) >= 11 is 5.79. The molecule has 1 fully saturated rings. The third kappa shape index (κ3) is 3.87. The molecule has 0 saturated heterocycles. The molecule has 1 atom stereocenters. The lowest BCUT2D eigenvalue weighted by molar-refractivity contribution is -0.124. The predicted molar refractivity (Wildman–Crippen MR) is 76.5 cm³/mol. The minimum absolute atomic E-state index is 0.123. The van der Waals surface area contributed by atoms with E-state index in [2.05, 4.69) is 5.32 Å². The Labute approximate surface area is 122 Å². The molecule has 20 heavy (non-hydrogen) atoms. The number of halogens is 1. The van der Waals surface area contributed by atoms with Crippen LogP contribution < -0.4 is 11.1 Å². The van der Waals surface area contributed by atoms with E-state index in [1.807, 2.05) is 6.92 Å². The van der Waals surface area contributed by atoms with Crippen molar-refractivity contribution in [1.82, 2.24) is 5.32 Å². The van der Waals surface area contributed by atoms with E-state index >= 15 is 0 Å². The molecule has 0 heterocycles. The summed E-state index contributed by atoms with van der Waals surface area (Å²) in [6, 6.07) is 4.65. The third-order valence-corrected chi connectivity index (χ3v) is 3.52. The number of carbonyl (C=O) groups excluding carboxylic acids is 2. The summed E-state index contributed by atoms with van der Waals surface area (Å²) in [6.07, 6.45) is 2.28. The van der Waals surface area contributed by atoms with Crippen molar-refractivity contribution in [1.29, 1.82) is 0 Å². The first-order valence-electron chi connectivity index (χ1n) is 6.49. The van der Waals surface area contributed by atoms with Crippen molar-refractivity contribution in [2.75, 3.05) is 12.3 Å². The molecular formula is C14H17ClN2O3. The van der Waals surface area contributed by atoms with Crippen LogP contribution in [0.3, 0.4) is 0 Å². The number of benzene rings is 1. The molecule has 5 nitrogen and oxygen atoms in total. The van der Waals surface area contributed by atoms with E-state index in [0.29, 0.717) is 10.9 Å². The van der Waals surface area contributed by atoms with Gasteiger partial charge in [0.2, 0.25) is 0 Å². The van der Waals surface area contributed by atoms with E-state index in [4.69, 9.17) is 22.1 Å². The van der Waals surface area contributed by atoms with Gasteiger partial charge in [0.15, 0.2) is 6.61 Å². The van der Waals surface area contributed by atoms with E-state index in [1.165, 1.54) is 12.1 Å². The average Bonchev–Trinajstić information content (AvgIpc) is 3.23. The molecule has 0 aromatic heterocycles. The average molecular weight is 297 g/mol. The first-order valence-corrected chi connectivity index (χ1v) is 6.86. The Morgan fingerprint density at radius 2 is 2.20 bits per heavy atom. The van der Waals surface area contributed by atoms with Crippen molar-refractivity contribution in [2.45, 2.75) is 25.8 Å². The smallest absolute Gasteiger partial charge is 0.340 e. The van der Waals surface area contributed by atoms with Crippen LogP contribution in [0.2, 0.25) is 5.02 Å². The standard InChI is InChI=1S/C14H17ClN2O3/c1-8(9-2-3-9)17-13(18)7-20-14(19)11-6-10(15)4-5-12(11)16/h4-6,8-9H,2-3,7,16H2,1H3,(H,17,18)/t8-/m0/s1. The lowest BCUT2D eigenvalue weighted by Gasteiger charge is -2.13. The number of hydrogen-bond acceptors (Lipinski definition) is 4. The normalized spacial score (nSPS) is 15.5. The topological polar surface area (TPSA) is 81.4 Å². The zero-order valence-corrected chi connectivity index (χ0v) is 11.9. The van der Waals surface area contributed by atoms with Crippen LogP contribution in [0.1, 0.15) is 30.1 Å². The number of carbonyl (C=O) groups is 2. The van der Waals surface area contributed by atoms with E-state index < -0.39 is 5.97 Å². The fraction of sp³-hybridized carbons (Fsp3) is 0.429. The lowest BCUT2D eigenvalue weighted by atomic mass is 10.2. The lowest BCUT2D eigenvalue weighted by Crippen LogP contribution is -2.37. The number of hydrogen-bond donors (Lipinski definition) is 2. The molecule has 0 bridgehead atoms. The molecule has 0 spiro atoms. The molecule has 2 rings (SSSR count). The molecule has 1 aliphatic carbocycles. The molecule has 108 valence electrons. The molecule has 1 aliphatic rings. The molecule has 1 amide bonds. The molecular weight excluding hydrogens is 280 g/mol. The first kappa shape index (κ1) is 14.7. The number of nitrogens with two attached hydrogens (primary N) is 1. The second-order valence-electron chi connectivity index (χ2n) is 5.00. The van der Waals surface area contributed by atoms with Crippen molar-refractivity contribution in [2.24, 2.45) is 5.92 Å². The number of anilines is 1. The quantitative estimate of drug-likeness (QED) is 0.643. The number of nitrogen functional groups attached to an aromatic ring is 1. The van der Waals surface area contributed by atoms with Crippen LogP contribution in [-0.2, 0) is 9.53 Å². The van der Waals surface area contributed by atoms with Gasteiger partial charge in [0, 0.05) is 16.8 Å². The number of esters is 1. The van der Waals surface area contributed by atoms with Crippen LogP contribution >= 0.6 is 11.6 Å². The Kier molecular flexibility index (Phi) is 4.49. The number of nitrogens with one attached hydrogen (secondary N) is 1. The fourth-order valence-corrected chi connectivity index (χ4v) is 2.10. The second-order valence-corrected chi connectivity index (χ2v) is 5.44. The van der Waals surface area contributed by atoms with Gasteiger partial charge in [0.05, 0.1) is 5.56 Å². The van der Waals surface area contributed by atoms with Gasteiger partial charge in [-0.05, 0) is 43.9 Å². The molecule has 1 aromatic carbocycles. The van der Waals surface area contributed by atoms with E-state index in [-0.39, 0.29) is 29.8 Å². The highest BCUT2D eigenvalue weighted by molar-refractivity contribution is 6.31.